The molecule has 0 saturated carbocycles. The Morgan fingerprint density at radius 1 is 1.38 bits per heavy atom. The second kappa shape index (κ2) is 7.08. The molecule has 6 nitrogen and oxygen atoms in total. The molecule has 0 radical (unpaired) electrons. The van der Waals surface area contributed by atoms with Crippen LogP contribution in [0.3, 0.4) is 0 Å². The summed E-state index contributed by atoms with van der Waals surface area (Å²) in [6.45, 7) is 4.12. The van der Waals surface area contributed by atoms with E-state index in [0.717, 1.165) is 0 Å². The Bertz CT molecular complexity index is 513. The first-order chi connectivity index (χ1) is 10.1. The number of amides is 2. The number of anilines is 1. The average molecular weight is 291 g/mol. The van der Waals surface area contributed by atoms with Gasteiger partial charge in [0.1, 0.15) is 6.04 Å². The van der Waals surface area contributed by atoms with E-state index in [1.165, 1.54) is 0 Å². The van der Waals surface area contributed by atoms with Gasteiger partial charge in [-0.2, -0.15) is 0 Å². The average Bonchev–Trinajstić information content (AvgIpc) is 2.52. The molecule has 0 bridgehead atoms. The highest BCUT2D eigenvalue weighted by Gasteiger charge is 2.26. The Labute approximate surface area is 124 Å². The summed E-state index contributed by atoms with van der Waals surface area (Å²) >= 11 is 0. The van der Waals surface area contributed by atoms with Gasteiger partial charge < -0.3 is 20.7 Å². The van der Waals surface area contributed by atoms with E-state index in [1.54, 1.807) is 29.2 Å². The molecule has 1 aliphatic rings. The summed E-state index contributed by atoms with van der Waals surface area (Å²) in [5, 5.41) is 2.78. The first-order valence-corrected chi connectivity index (χ1v) is 7.14. The molecule has 0 spiro atoms. The van der Waals surface area contributed by atoms with Crippen LogP contribution in [0.15, 0.2) is 24.3 Å². The molecule has 2 amide bonds. The summed E-state index contributed by atoms with van der Waals surface area (Å²) in [6, 6.07) is 6.19. The number of nitrogens with one attached hydrogen (secondary N) is 1. The quantitative estimate of drug-likeness (QED) is 0.797. The highest BCUT2D eigenvalue weighted by molar-refractivity contribution is 5.98. The van der Waals surface area contributed by atoms with Crippen LogP contribution in [-0.4, -0.2) is 49.1 Å². The number of hydrogen-bond donors (Lipinski definition) is 2. The Morgan fingerprint density at radius 3 is 2.71 bits per heavy atom. The minimum absolute atomic E-state index is 0.0574. The van der Waals surface area contributed by atoms with E-state index in [0.29, 0.717) is 44.0 Å². The summed E-state index contributed by atoms with van der Waals surface area (Å²) in [5.41, 5.74) is 6.65. The lowest BCUT2D eigenvalue weighted by molar-refractivity contribution is -0.137. The van der Waals surface area contributed by atoms with Crippen molar-refractivity contribution in [2.45, 2.75) is 19.4 Å². The molecule has 1 heterocycles. The molecule has 114 valence electrons. The summed E-state index contributed by atoms with van der Waals surface area (Å²) in [5.74, 6) is -0.339. The Morgan fingerprint density at radius 2 is 2.10 bits per heavy atom. The fourth-order valence-corrected chi connectivity index (χ4v) is 2.26. The van der Waals surface area contributed by atoms with Crippen LogP contribution in [0.5, 0.6) is 0 Å². The molecule has 0 aromatic heterocycles. The fraction of sp³-hybridized carbons (Fsp3) is 0.467. The lowest BCUT2D eigenvalue weighted by Gasteiger charge is -2.30. The van der Waals surface area contributed by atoms with Crippen LogP contribution < -0.4 is 11.1 Å². The molecule has 1 aromatic carbocycles. The van der Waals surface area contributed by atoms with Gasteiger partial charge in [-0.1, -0.05) is 13.0 Å². The van der Waals surface area contributed by atoms with E-state index in [-0.39, 0.29) is 11.8 Å². The summed E-state index contributed by atoms with van der Waals surface area (Å²) in [7, 11) is 0. The van der Waals surface area contributed by atoms with Crippen molar-refractivity contribution in [3.63, 3.8) is 0 Å². The van der Waals surface area contributed by atoms with Crippen molar-refractivity contribution in [3.8, 4) is 0 Å². The third-order valence-corrected chi connectivity index (χ3v) is 3.48. The van der Waals surface area contributed by atoms with Crippen molar-refractivity contribution >= 4 is 17.5 Å². The highest BCUT2D eigenvalue weighted by Crippen LogP contribution is 2.08. The number of nitrogen functional groups attached to an aromatic ring is 1. The van der Waals surface area contributed by atoms with E-state index in [2.05, 4.69) is 5.32 Å². The Balaban J connectivity index is 2.01. The van der Waals surface area contributed by atoms with E-state index in [4.69, 9.17) is 10.5 Å². The van der Waals surface area contributed by atoms with E-state index < -0.39 is 6.04 Å². The van der Waals surface area contributed by atoms with Gasteiger partial charge in [0, 0.05) is 24.3 Å². The number of carbonyl (C=O) groups is 2. The van der Waals surface area contributed by atoms with Gasteiger partial charge in [-0.15, -0.1) is 0 Å². The molecule has 1 atom stereocenters. The molecule has 1 aromatic rings. The minimum Gasteiger partial charge on any atom is -0.399 e. The molecule has 6 heteroatoms. The van der Waals surface area contributed by atoms with Crippen LogP contribution in [0, 0.1) is 0 Å². The van der Waals surface area contributed by atoms with Gasteiger partial charge >= 0.3 is 0 Å². The number of rotatable bonds is 4. The predicted octanol–water partition coefficient (Wildman–Crippen LogP) is 0.636. The van der Waals surface area contributed by atoms with Crippen LogP contribution in [0.2, 0.25) is 0 Å². The zero-order valence-electron chi connectivity index (χ0n) is 12.2. The van der Waals surface area contributed by atoms with E-state index in [1.807, 2.05) is 6.92 Å². The molecule has 0 aliphatic carbocycles. The van der Waals surface area contributed by atoms with Crippen LogP contribution in [0.1, 0.15) is 23.7 Å². The smallest absolute Gasteiger partial charge is 0.252 e. The van der Waals surface area contributed by atoms with Crippen LogP contribution in [0.4, 0.5) is 5.69 Å². The normalized spacial score (nSPS) is 16.3. The summed E-state index contributed by atoms with van der Waals surface area (Å²) < 4.78 is 5.23. The van der Waals surface area contributed by atoms with Crippen molar-refractivity contribution in [2.75, 3.05) is 32.0 Å². The van der Waals surface area contributed by atoms with Crippen molar-refractivity contribution in [1.29, 1.82) is 0 Å². The number of hydrogen-bond acceptors (Lipinski definition) is 4. The van der Waals surface area contributed by atoms with Gasteiger partial charge in [0.2, 0.25) is 5.91 Å². The molecular formula is C15H21N3O3. The van der Waals surface area contributed by atoms with Crippen molar-refractivity contribution in [3.05, 3.63) is 29.8 Å². The zero-order valence-corrected chi connectivity index (χ0v) is 12.2. The zero-order chi connectivity index (χ0) is 15.2. The second-order valence-electron chi connectivity index (χ2n) is 5.00. The first kappa shape index (κ1) is 15.3. The molecule has 3 N–H and O–H groups in total. The maximum Gasteiger partial charge on any atom is 0.252 e. The maximum atomic E-state index is 12.4. The Hall–Kier alpha value is -2.08. The predicted molar refractivity (Wildman–Crippen MR) is 79.8 cm³/mol. The van der Waals surface area contributed by atoms with Crippen molar-refractivity contribution < 1.29 is 14.3 Å². The molecule has 2 rings (SSSR count). The Kier molecular flexibility index (Phi) is 5.16. The SMILES string of the molecule is CCC(NC(=O)c1cccc(N)c1)C(=O)N1CCOCC1. The first-order valence-electron chi connectivity index (χ1n) is 7.14. The van der Waals surface area contributed by atoms with Gasteiger partial charge in [-0.3, -0.25) is 9.59 Å². The third-order valence-electron chi connectivity index (χ3n) is 3.48. The second-order valence-corrected chi connectivity index (χ2v) is 5.00. The molecule has 1 fully saturated rings. The van der Waals surface area contributed by atoms with Crippen molar-refractivity contribution in [2.24, 2.45) is 0 Å². The van der Waals surface area contributed by atoms with Gasteiger partial charge in [-0.05, 0) is 24.6 Å². The standard InChI is InChI=1S/C15H21N3O3/c1-2-13(15(20)18-6-8-21-9-7-18)17-14(19)11-4-3-5-12(16)10-11/h3-5,10,13H,2,6-9,16H2,1H3,(H,17,19). The molecule has 21 heavy (non-hydrogen) atoms. The summed E-state index contributed by atoms with van der Waals surface area (Å²) in [4.78, 5) is 26.3. The number of nitrogens with two attached hydrogens (primary N) is 1. The third kappa shape index (κ3) is 3.95. The number of benzene rings is 1. The maximum absolute atomic E-state index is 12.4. The lowest BCUT2D eigenvalue weighted by Crippen LogP contribution is -2.51. The van der Waals surface area contributed by atoms with Gasteiger partial charge in [0.25, 0.3) is 5.91 Å². The molecule has 1 unspecified atom stereocenters. The number of nitrogens with zero attached hydrogens (tertiary/aromatic N) is 1. The van der Waals surface area contributed by atoms with Gasteiger partial charge in [-0.25, -0.2) is 0 Å². The number of morpholine rings is 1. The molecule has 1 saturated heterocycles. The van der Waals surface area contributed by atoms with E-state index in [9.17, 15) is 9.59 Å². The molecular weight excluding hydrogens is 270 g/mol. The van der Waals surface area contributed by atoms with Gasteiger partial charge in [0.05, 0.1) is 13.2 Å². The fourth-order valence-electron chi connectivity index (χ4n) is 2.26. The number of carbonyl (C=O) groups excluding carboxylic acids is 2. The van der Waals surface area contributed by atoms with Crippen molar-refractivity contribution in [1.82, 2.24) is 10.2 Å². The van der Waals surface area contributed by atoms with Crippen LogP contribution >= 0.6 is 0 Å². The molecule has 1 aliphatic heterocycles. The lowest BCUT2D eigenvalue weighted by atomic mass is 10.1. The highest BCUT2D eigenvalue weighted by atomic mass is 16.5. The minimum atomic E-state index is -0.517. The van der Waals surface area contributed by atoms with Crippen LogP contribution in [-0.2, 0) is 9.53 Å². The number of ether oxygens (including phenoxy) is 1. The van der Waals surface area contributed by atoms with E-state index >= 15 is 0 Å². The van der Waals surface area contributed by atoms with Gasteiger partial charge in [0.15, 0.2) is 0 Å². The largest absolute Gasteiger partial charge is 0.399 e. The van der Waals surface area contributed by atoms with Crippen LogP contribution in [0.25, 0.3) is 0 Å². The topological polar surface area (TPSA) is 84.7 Å². The monoisotopic (exact) mass is 291 g/mol. The summed E-state index contributed by atoms with van der Waals surface area (Å²) in [6.07, 6.45) is 0.546.